The number of hydrogen-bond donors (Lipinski definition) is 1. The van der Waals surface area contributed by atoms with Crippen molar-refractivity contribution < 1.29 is 4.79 Å². The van der Waals surface area contributed by atoms with Gasteiger partial charge in [0.25, 0.3) is 0 Å². The number of thioether (sulfide) groups is 1. The Balaban J connectivity index is 4.08. The van der Waals surface area contributed by atoms with Crippen LogP contribution in [-0.2, 0) is 4.79 Å². The van der Waals surface area contributed by atoms with Crippen molar-refractivity contribution in [1.82, 2.24) is 4.90 Å². The number of carbonyl (C=O) groups is 1. The molecule has 0 saturated carbocycles. The normalized spacial score (nSPS) is 13.7. The summed E-state index contributed by atoms with van der Waals surface area (Å²) >= 11 is 1.81. The first-order valence-electron chi connectivity index (χ1n) is 5.31. The molecule has 0 bridgehead atoms. The molecule has 0 aromatic rings. The average Bonchev–Trinajstić information content (AvgIpc) is 2.10. The summed E-state index contributed by atoms with van der Waals surface area (Å²) in [7, 11) is 1.86. The van der Waals surface area contributed by atoms with Crippen molar-refractivity contribution in [2.75, 3.05) is 19.1 Å². The smallest absolute Gasteiger partial charge is 0.224 e. The second-order valence-electron chi connectivity index (χ2n) is 4.80. The van der Waals surface area contributed by atoms with E-state index in [9.17, 15) is 4.79 Å². The van der Waals surface area contributed by atoms with E-state index in [4.69, 9.17) is 5.73 Å². The molecule has 0 aromatic carbocycles. The van der Waals surface area contributed by atoms with E-state index in [1.54, 1.807) is 0 Å². The predicted molar refractivity (Wildman–Crippen MR) is 68.1 cm³/mol. The summed E-state index contributed by atoms with van der Waals surface area (Å²) in [5.41, 5.74) is 5.41. The summed E-state index contributed by atoms with van der Waals surface area (Å²) in [6, 6.07) is 0.298. The molecule has 4 heteroatoms. The quantitative estimate of drug-likeness (QED) is 0.758. The van der Waals surface area contributed by atoms with Crippen molar-refractivity contribution >= 4 is 17.7 Å². The van der Waals surface area contributed by atoms with Crippen LogP contribution in [0, 0.1) is 0 Å². The summed E-state index contributed by atoms with van der Waals surface area (Å²) in [5, 5.41) is 0. The highest BCUT2D eigenvalue weighted by Gasteiger charge is 2.21. The maximum atomic E-state index is 11.8. The highest BCUT2D eigenvalue weighted by Crippen LogP contribution is 2.11. The van der Waals surface area contributed by atoms with Gasteiger partial charge in [-0.25, -0.2) is 0 Å². The molecule has 1 amide bonds. The van der Waals surface area contributed by atoms with Crippen molar-refractivity contribution in [2.24, 2.45) is 5.73 Å². The molecule has 0 saturated heterocycles. The third-order valence-electron chi connectivity index (χ3n) is 2.40. The Morgan fingerprint density at radius 2 is 2.07 bits per heavy atom. The van der Waals surface area contributed by atoms with E-state index in [2.05, 4.69) is 13.2 Å². The minimum Gasteiger partial charge on any atom is -0.343 e. The summed E-state index contributed by atoms with van der Waals surface area (Å²) in [4.78, 5) is 13.6. The molecular weight excluding hydrogens is 208 g/mol. The van der Waals surface area contributed by atoms with Crippen LogP contribution in [0.15, 0.2) is 0 Å². The average molecular weight is 232 g/mol. The van der Waals surface area contributed by atoms with Crippen LogP contribution >= 0.6 is 11.8 Å². The fraction of sp³-hybridized carbons (Fsp3) is 0.909. The van der Waals surface area contributed by atoms with Crippen LogP contribution in [0.25, 0.3) is 0 Å². The Kier molecular flexibility index (Phi) is 6.29. The third-order valence-corrected chi connectivity index (χ3v) is 3.05. The van der Waals surface area contributed by atoms with Crippen LogP contribution in [-0.4, -0.2) is 41.4 Å². The topological polar surface area (TPSA) is 46.3 Å². The minimum absolute atomic E-state index is 0.135. The summed E-state index contributed by atoms with van der Waals surface area (Å²) in [6.45, 7) is 5.84. The molecule has 0 radical (unpaired) electrons. The second-order valence-corrected chi connectivity index (χ2v) is 5.79. The van der Waals surface area contributed by atoms with E-state index in [-0.39, 0.29) is 5.91 Å². The largest absolute Gasteiger partial charge is 0.343 e. The van der Waals surface area contributed by atoms with Crippen LogP contribution in [0.1, 0.15) is 33.6 Å². The number of carbonyl (C=O) groups excluding carboxylic acids is 1. The second kappa shape index (κ2) is 6.38. The molecule has 0 aliphatic rings. The molecule has 0 fully saturated rings. The van der Waals surface area contributed by atoms with E-state index in [1.807, 2.05) is 37.6 Å². The highest BCUT2D eigenvalue weighted by molar-refractivity contribution is 7.98. The zero-order valence-corrected chi connectivity index (χ0v) is 11.4. The number of nitrogens with two attached hydrogens (primary N) is 1. The van der Waals surface area contributed by atoms with E-state index >= 15 is 0 Å². The molecule has 0 spiro atoms. The van der Waals surface area contributed by atoms with E-state index in [0.29, 0.717) is 12.5 Å². The minimum atomic E-state index is -0.412. The maximum Gasteiger partial charge on any atom is 0.224 e. The van der Waals surface area contributed by atoms with Crippen molar-refractivity contribution in [2.45, 2.75) is 45.2 Å². The van der Waals surface area contributed by atoms with E-state index in [0.717, 1.165) is 12.2 Å². The Bertz CT molecular complexity index is 201. The van der Waals surface area contributed by atoms with Gasteiger partial charge in [0, 0.05) is 25.0 Å². The molecule has 3 nitrogen and oxygen atoms in total. The number of amides is 1. The van der Waals surface area contributed by atoms with Gasteiger partial charge in [0.15, 0.2) is 0 Å². The van der Waals surface area contributed by atoms with Gasteiger partial charge in [-0.2, -0.15) is 11.8 Å². The third kappa shape index (κ3) is 6.79. The lowest BCUT2D eigenvalue weighted by molar-refractivity contribution is -0.132. The van der Waals surface area contributed by atoms with Gasteiger partial charge in [-0.15, -0.1) is 0 Å². The van der Waals surface area contributed by atoms with Gasteiger partial charge < -0.3 is 10.6 Å². The van der Waals surface area contributed by atoms with Crippen molar-refractivity contribution in [3.8, 4) is 0 Å². The lowest BCUT2D eigenvalue weighted by atomic mass is 10.0. The standard InChI is InChI=1S/C11H24N2OS/c1-9(6-7-15-5)13(4)10(14)8-11(2,3)12/h9H,6-8,12H2,1-5H3. The van der Waals surface area contributed by atoms with Gasteiger partial charge >= 0.3 is 0 Å². The fourth-order valence-corrected chi connectivity index (χ4v) is 1.82. The molecular formula is C11H24N2OS. The van der Waals surface area contributed by atoms with Crippen LogP contribution in [0.4, 0.5) is 0 Å². The van der Waals surface area contributed by atoms with Gasteiger partial charge in [-0.3, -0.25) is 4.79 Å². The monoisotopic (exact) mass is 232 g/mol. The fourth-order valence-electron chi connectivity index (χ4n) is 1.24. The Morgan fingerprint density at radius 3 is 2.47 bits per heavy atom. The lowest BCUT2D eigenvalue weighted by Crippen LogP contribution is -2.42. The molecule has 90 valence electrons. The van der Waals surface area contributed by atoms with Crippen LogP contribution < -0.4 is 5.73 Å². The zero-order chi connectivity index (χ0) is 12.1. The number of nitrogens with zero attached hydrogens (tertiary/aromatic N) is 1. The van der Waals surface area contributed by atoms with E-state index < -0.39 is 5.54 Å². The Labute approximate surface area is 97.8 Å². The lowest BCUT2D eigenvalue weighted by Gasteiger charge is -2.28. The Morgan fingerprint density at radius 1 is 1.53 bits per heavy atom. The maximum absolute atomic E-state index is 11.8. The highest BCUT2D eigenvalue weighted by atomic mass is 32.2. The summed E-state index contributed by atoms with van der Waals surface area (Å²) in [5.74, 6) is 1.22. The SMILES string of the molecule is CSCCC(C)N(C)C(=O)CC(C)(C)N. The van der Waals surface area contributed by atoms with Gasteiger partial charge in [-0.05, 0) is 39.2 Å². The zero-order valence-electron chi connectivity index (χ0n) is 10.5. The Hall–Kier alpha value is -0.220. The first-order chi connectivity index (χ1) is 6.78. The molecule has 1 atom stereocenters. The molecule has 0 aliphatic carbocycles. The van der Waals surface area contributed by atoms with Gasteiger partial charge in [-0.1, -0.05) is 0 Å². The van der Waals surface area contributed by atoms with Crippen LogP contribution in [0.3, 0.4) is 0 Å². The predicted octanol–water partition coefficient (Wildman–Crippen LogP) is 1.71. The van der Waals surface area contributed by atoms with Crippen molar-refractivity contribution in [3.63, 3.8) is 0 Å². The number of rotatable bonds is 6. The van der Waals surface area contributed by atoms with Gasteiger partial charge in [0.2, 0.25) is 5.91 Å². The molecule has 0 rings (SSSR count). The molecule has 0 aromatic heterocycles. The molecule has 1 unspecified atom stereocenters. The molecule has 0 aliphatic heterocycles. The molecule has 0 heterocycles. The molecule has 2 N–H and O–H groups in total. The van der Waals surface area contributed by atoms with Crippen LogP contribution in [0.2, 0.25) is 0 Å². The summed E-state index contributed by atoms with van der Waals surface area (Å²) in [6.07, 6.45) is 3.53. The molecule has 15 heavy (non-hydrogen) atoms. The van der Waals surface area contributed by atoms with Gasteiger partial charge in [0.1, 0.15) is 0 Å². The first kappa shape index (κ1) is 14.8. The van der Waals surface area contributed by atoms with Crippen LogP contribution in [0.5, 0.6) is 0 Å². The van der Waals surface area contributed by atoms with Gasteiger partial charge in [0.05, 0.1) is 0 Å². The van der Waals surface area contributed by atoms with Crippen molar-refractivity contribution in [3.05, 3.63) is 0 Å². The first-order valence-corrected chi connectivity index (χ1v) is 6.71. The van der Waals surface area contributed by atoms with Crippen molar-refractivity contribution in [1.29, 1.82) is 0 Å². The van der Waals surface area contributed by atoms with E-state index in [1.165, 1.54) is 0 Å². The summed E-state index contributed by atoms with van der Waals surface area (Å²) < 4.78 is 0. The number of hydrogen-bond acceptors (Lipinski definition) is 3.